The molecule has 0 bridgehead atoms. The minimum Gasteiger partial charge on any atom is -0.300 e. The third-order valence-corrected chi connectivity index (χ3v) is 3.76. The van der Waals surface area contributed by atoms with E-state index in [1.165, 1.54) is 0 Å². The van der Waals surface area contributed by atoms with Crippen molar-refractivity contribution >= 4 is 46.2 Å². The van der Waals surface area contributed by atoms with Crippen LogP contribution in [-0.2, 0) is 4.79 Å². The lowest BCUT2D eigenvalue weighted by Crippen LogP contribution is -2.41. The van der Waals surface area contributed by atoms with Gasteiger partial charge in [0.15, 0.2) is 5.84 Å². The number of nitrogens with zero attached hydrogens (tertiary/aromatic N) is 2. The number of benzene rings is 2. The van der Waals surface area contributed by atoms with Gasteiger partial charge in [0.05, 0.1) is 23.0 Å². The Morgan fingerprint density at radius 3 is 2.15 bits per heavy atom. The second-order valence-corrected chi connectivity index (χ2v) is 7.48. The highest BCUT2D eigenvalue weighted by Gasteiger charge is 2.26. The highest BCUT2D eigenvalue weighted by molar-refractivity contribution is 6.41. The molecule has 0 saturated carbocycles. The highest BCUT2D eigenvalue weighted by atomic mass is 35.5. The van der Waals surface area contributed by atoms with Crippen molar-refractivity contribution in [2.75, 3.05) is 5.43 Å². The molecule has 2 rings (SSSR count). The molecule has 0 saturated heterocycles. The summed E-state index contributed by atoms with van der Waals surface area (Å²) < 4.78 is 0. The van der Waals surface area contributed by atoms with Gasteiger partial charge in [-0.05, 0) is 42.5 Å². The van der Waals surface area contributed by atoms with Crippen molar-refractivity contribution in [3.8, 4) is 6.07 Å². The molecule has 0 heterocycles. The summed E-state index contributed by atoms with van der Waals surface area (Å²) in [6.07, 6.45) is 0. The minimum absolute atomic E-state index is 0.125. The average molecular weight is 389 g/mol. The van der Waals surface area contributed by atoms with Gasteiger partial charge in [-0.15, -0.1) is 0 Å². The molecule has 0 amide bonds. The lowest BCUT2D eigenvalue weighted by Gasteiger charge is -2.20. The molecule has 134 valence electrons. The second-order valence-electron chi connectivity index (χ2n) is 6.61. The maximum absolute atomic E-state index is 12.7. The Morgan fingerprint density at radius 1 is 1.08 bits per heavy atom. The van der Waals surface area contributed by atoms with E-state index in [4.69, 9.17) is 28.5 Å². The third-order valence-electron chi connectivity index (χ3n) is 3.32. The van der Waals surface area contributed by atoms with E-state index in [1.54, 1.807) is 63.2 Å². The fourth-order valence-electron chi connectivity index (χ4n) is 1.98. The molecule has 0 unspecified atom stereocenters. The number of nitriles is 1. The molecule has 0 radical (unpaired) electrons. The van der Waals surface area contributed by atoms with Crippen molar-refractivity contribution in [2.24, 2.45) is 10.4 Å². The van der Waals surface area contributed by atoms with E-state index >= 15 is 0 Å². The number of hydrazine groups is 1. The smallest absolute Gasteiger partial charge is 0.204 e. The molecule has 0 fully saturated rings. The van der Waals surface area contributed by atoms with Crippen LogP contribution in [0, 0.1) is 16.7 Å². The molecule has 0 aromatic heterocycles. The van der Waals surface area contributed by atoms with E-state index in [0.29, 0.717) is 27.0 Å². The Bertz CT molecular complexity index is 858. The molecular weight excluding hydrogens is 371 g/mol. The van der Waals surface area contributed by atoms with E-state index in [0.717, 1.165) is 0 Å². The monoisotopic (exact) mass is 388 g/mol. The number of hydrogen-bond acceptors (Lipinski definition) is 4. The topological polar surface area (TPSA) is 77.3 Å². The largest absolute Gasteiger partial charge is 0.300 e. The second kappa shape index (κ2) is 8.22. The van der Waals surface area contributed by atoms with E-state index in [1.807, 2.05) is 6.07 Å². The number of carbonyl (C=O) groups excluding carboxylic acids is 1. The molecule has 0 atom stereocenters. The predicted octanol–water partition coefficient (Wildman–Crippen LogP) is 5.13. The van der Waals surface area contributed by atoms with Gasteiger partial charge in [0.1, 0.15) is 0 Å². The number of aliphatic imine (C=N–C) groups is 1. The standard InChI is InChI=1S/C19H18Cl2N4O/c1-19(2,3)17(26)18(23-16-9-13(20)8-14(21)10-16)25-24-15-6-4-12(11-22)5-7-15/h4-10,24H,1-3H3,(H,23,25). The van der Waals surface area contributed by atoms with Crippen LogP contribution in [0.5, 0.6) is 0 Å². The first-order valence-electron chi connectivity index (χ1n) is 7.81. The minimum atomic E-state index is -0.638. The zero-order valence-electron chi connectivity index (χ0n) is 14.6. The van der Waals surface area contributed by atoms with Crippen molar-refractivity contribution in [1.29, 1.82) is 5.26 Å². The SMILES string of the molecule is CC(C)(C)C(=O)C(=Nc1cc(Cl)cc(Cl)c1)NNc1ccc(C#N)cc1. The molecule has 0 aliphatic carbocycles. The lowest BCUT2D eigenvalue weighted by molar-refractivity contribution is -0.119. The summed E-state index contributed by atoms with van der Waals surface area (Å²) in [6, 6.07) is 13.7. The molecule has 0 spiro atoms. The fraction of sp³-hybridized carbons (Fsp3) is 0.211. The van der Waals surface area contributed by atoms with E-state index in [9.17, 15) is 4.79 Å². The van der Waals surface area contributed by atoms with Crippen LogP contribution in [0.2, 0.25) is 10.0 Å². The molecular formula is C19H18Cl2N4O. The van der Waals surface area contributed by atoms with Crippen LogP contribution in [-0.4, -0.2) is 11.6 Å². The van der Waals surface area contributed by atoms with E-state index < -0.39 is 5.41 Å². The molecule has 0 aliphatic heterocycles. The van der Waals surface area contributed by atoms with Crippen LogP contribution in [0.15, 0.2) is 47.5 Å². The van der Waals surface area contributed by atoms with Crippen molar-refractivity contribution in [3.05, 3.63) is 58.1 Å². The molecule has 0 aliphatic rings. The van der Waals surface area contributed by atoms with Crippen molar-refractivity contribution in [2.45, 2.75) is 20.8 Å². The summed E-state index contributed by atoms with van der Waals surface area (Å²) >= 11 is 12.0. The predicted molar refractivity (Wildman–Crippen MR) is 106 cm³/mol. The Morgan fingerprint density at radius 2 is 1.65 bits per heavy atom. The summed E-state index contributed by atoms with van der Waals surface area (Å²) in [4.78, 5) is 17.1. The number of hydrogen-bond donors (Lipinski definition) is 2. The van der Waals surface area contributed by atoms with Gasteiger partial charge in [-0.25, -0.2) is 4.99 Å². The van der Waals surface area contributed by atoms with Crippen LogP contribution in [0.4, 0.5) is 11.4 Å². The lowest BCUT2D eigenvalue weighted by atomic mass is 9.90. The molecule has 26 heavy (non-hydrogen) atoms. The van der Waals surface area contributed by atoms with Crippen LogP contribution in [0.25, 0.3) is 0 Å². The van der Waals surface area contributed by atoms with Crippen LogP contribution < -0.4 is 10.9 Å². The number of nitrogens with one attached hydrogen (secondary N) is 2. The molecule has 5 nitrogen and oxygen atoms in total. The number of ketones is 1. The average Bonchev–Trinajstić information content (AvgIpc) is 2.56. The van der Waals surface area contributed by atoms with E-state index in [-0.39, 0.29) is 11.6 Å². The molecule has 2 aromatic carbocycles. The normalized spacial score (nSPS) is 11.6. The zero-order valence-corrected chi connectivity index (χ0v) is 16.1. The van der Waals surface area contributed by atoms with Crippen molar-refractivity contribution in [1.82, 2.24) is 5.43 Å². The summed E-state index contributed by atoms with van der Waals surface area (Å²) in [5.74, 6) is -0.0602. The van der Waals surface area contributed by atoms with Gasteiger partial charge >= 0.3 is 0 Å². The van der Waals surface area contributed by atoms with Crippen LogP contribution >= 0.6 is 23.2 Å². The number of Topliss-reactive ketones (excluding diaryl/α,β-unsaturated/α-hetero) is 1. The Labute approximate surface area is 162 Å². The quantitative estimate of drug-likeness (QED) is 0.432. The fourth-order valence-corrected chi connectivity index (χ4v) is 2.50. The van der Waals surface area contributed by atoms with Gasteiger partial charge in [-0.3, -0.25) is 15.6 Å². The first-order valence-corrected chi connectivity index (χ1v) is 8.56. The molecule has 2 N–H and O–H groups in total. The number of rotatable bonds is 4. The van der Waals surface area contributed by atoms with Gasteiger partial charge in [-0.1, -0.05) is 44.0 Å². The number of anilines is 1. The van der Waals surface area contributed by atoms with Gasteiger partial charge < -0.3 is 0 Å². The van der Waals surface area contributed by atoms with Crippen LogP contribution in [0.1, 0.15) is 26.3 Å². The first kappa shape index (κ1) is 19.8. The molecule has 7 heteroatoms. The summed E-state index contributed by atoms with van der Waals surface area (Å²) in [6.45, 7) is 5.41. The molecule has 2 aromatic rings. The summed E-state index contributed by atoms with van der Waals surface area (Å²) in [7, 11) is 0. The Hall–Kier alpha value is -2.55. The van der Waals surface area contributed by atoms with Gasteiger partial charge in [0.25, 0.3) is 0 Å². The maximum atomic E-state index is 12.7. The number of carbonyl (C=O) groups is 1. The Balaban J connectivity index is 2.30. The van der Waals surface area contributed by atoms with Crippen molar-refractivity contribution < 1.29 is 4.79 Å². The zero-order chi connectivity index (χ0) is 19.3. The number of halogens is 2. The van der Waals surface area contributed by atoms with Crippen molar-refractivity contribution in [3.63, 3.8) is 0 Å². The third kappa shape index (κ3) is 5.48. The number of amidine groups is 1. The summed E-state index contributed by atoms with van der Waals surface area (Å²) in [5, 5.41) is 9.71. The maximum Gasteiger partial charge on any atom is 0.204 e. The van der Waals surface area contributed by atoms with Gasteiger partial charge in [0.2, 0.25) is 5.78 Å². The first-order chi connectivity index (χ1) is 12.2. The highest BCUT2D eigenvalue weighted by Crippen LogP contribution is 2.25. The van der Waals surface area contributed by atoms with E-state index in [2.05, 4.69) is 15.8 Å². The van der Waals surface area contributed by atoms with Crippen LogP contribution in [0.3, 0.4) is 0 Å². The van der Waals surface area contributed by atoms with Gasteiger partial charge in [-0.2, -0.15) is 5.26 Å². The summed E-state index contributed by atoms with van der Waals surface area (Å²) in [5.41, 5.74) is 6.82. The Kier molecular flexibility index (Phi) is 6.25. The van der Waals surface area contributed by atoms with Gasteiger partial charge in [0, 0.05) is 15.5 Å².